The highest BCUT2D eigenvalue weighted by atomic mass is 16.2. The Morgan fingerprint density at radius 1 is 1.20 bits per heavy atom. The first-order chi connectivity index (χ1) is 14.4. The summed E-state index contributed by atoms with van der Waals surface area (Å²) >= 11 is 0. The van der Waals surface area contributed by atoms with Crippen LogP contribution in [0.15, 0.2) is 4.99 Å². The van der Waals surface area contributed by atoms with Crippen LogP contribution in [0.25, 0.3) is 0 Å². The Kier molecular flexibility index (Phi) is 9.55. The summed E-state index contributed by atoms with van der Waals surface area (Å²) in [4.78, 5) is 46.0. The minimum absolute atomic E-state index is 0.0247. The average Bonchev–Trinajstić information content (AvgIpc) is 3.24. The summed E-state index contributed by atoms with van der Waals surface area (Å²) in [6.07, 6.45) is 8.50. The highest BCUT2D eigenvalue weighted by molar-refractivity contribution is 5.91. The molecule has 2 amide bonds. The molecule has 2 aliphatic rings. The quantitative estimate of drug-likeness (QED) is 0.201. The minimum Gasteiger partial charge on any atom is -0.370 e. The van der Waals surface area contributed by atoms with Crippen LogP contribution in [0.4, 0.5) is 0 Å². The number of hydrogen-bond acceptors (Lipinski definition) is 5. The number of nitrogens with zero attached hydrogens (tertiary/aromatic N) is 3. The summed E-state index contributed by atoms with van der Waals surface area (Å²) in [7, 11) is 1.74. The molecule has 0 bridgehead atoms. The van der Waals surface area contributed by atoms with Crippen molar-refractivity contribution in [2.24, 2.45) is 16.5 Å². The Labute approximate surface area is 179 Å². The Hall–Kier alpha value is -2.16. The molecule has 0 radical (unpaired) electrons. The van der Waals surface area contributed by atoms with E-state index in [1.807, 2.05) is 0 Å². The number of aliphatic imine (C=N–C) groups is 1. The van der Waals surface area contributed by atoms with Crippen LogP contribution in [-0.4, -0.2) is 78.2 Å². The predicted molar refractivity (Wildman–Crippen MR) is 117 cm³/mol. The van der Waals surface area contributed by atoms with Gasteiger partial charge < -0.3 is 31.4 Å². The number of likely N-dealkylation sites (N-methyl/N-ethyl adjacent to an activating group) is 1. The van der Waals surface area contributed by atoms with Gasteiger partial charge in [0.15, 0.2) is 5.96 Å². The molecule has 0 aromatic carbocycles. The van der Waals surface area contributed by atoms with Crippen LogP contribution in [0, 0.1) is 0 Å². The monoisotopic (exact) mass is 422 g/mol. The van der Waals surface area contributed by atoms with Gasteiger partial charge in [0.05, 0.1) is 12.1 Å². The predicted octanol–water partition coefficient (Wildman–Crippen LogP) is 0.368. The van der Waals surface area contributed by atoms with E-state index in [2.05, 4.69) is 10.3 Å². The summed E-state index contributed by atoms with van der Waals surface area (Å²) in [5, 5.41) is 2.97. The summed E-state index contributed by atoms with van der Waals surface area (Å²) in [5.41, 5.74) is 10.8. The highest BCUT2D eigenvalue weighted by Crippen LogP contribution is 2.29. The molecule has 9 nitrogen and oxygen atoms in total. The van der Waals surface area contributed by atoms with E-state index in [0.717, 1.165) is 44.8 Å². The first-order valence-electron chi connectivity index (χ1n) is 11.2. The van der Waals surface area contributed by atoms with E-state index in [1.165, 1.54) is 0 Å². The van der Waals surface area contributed by atoms with E-state index in [1.54, 1.807) is 23.8 Å². The van der Waals surface area contributed by atoms with Crippen molar-refractivity contribution in [1.82, 2.24) is 15.1 Å². The molecule has 1 heterocycles. The zero-order valence-corrected chi connectivity index (χ0v) is 18.4. The molecular formula is C21H38N6O3. The van der Waals surface area contributed by atoms with Crippen LogP contribution in [0.3, 0.4) is 0 Å². The number of hydrogen-bond donors (Lipinski definition) is 3. The number of nitrogens with one attached hydrogen (secondary N) is 1. The zero-order chi connectivity index (χ0) is 22.1. The van der Waals surface area contributed by atoms with Gasteiger partial charge in [-0.05, 0) is 52.5 Å². The molecule has 1 aliphatic carbocycles. The van der Waals surface area contributed by atoms with Gasteiger partial charge in [-0.3, -0.25) is 14.6 Å². The van der Waals surface area contributed by atoms with Crippen LogP contribution >= 0.6 is 0 Å². The van der Waals surface area contributed by atoms with E-state index >= 15 is 0 Å². The fourth-order valence-corrected chi connectivity index (χ4v) is 4.59. The Balaban J connectivity index is 2.19. The third-order valence-corrected chi connectivity index (χ3v) is 6.31. The molecule has 5 N–H and O–H groups in total. The number of guanidine groups is 1. The zero-order valence-electron chi connectivity index (χ0n) is 18.4. The van der Waals surface area contributed by atoms with Crippen molar-refractivity contribution >= 4 is 24.1 Å². The third kappa shape index (κ3) is 6.17. The van der Waals surface area contributed by atoms with Gasteiger partial charge in [-0.1, -0.05) is 19.3 Å². The van der Waals surface area contributed by atoms with Crippen molar-refractivity contribution < 1.29 is 14.4 Å². The number of rotatable bonds is 10. The Morgan fingerprint density at radius 2 is 1.90 bits per heavy atom. The van der Waals surface area contributed by atoms with Gasteiger partial charge in [-0.15, -0.1) is 0 Å². The van der Waals surface area contributed by atoms with Crippen molar-refractivity contribution in [2.75, 3.05) is 20.1 Å². The standard InChI is InChI=1S/C21H38N6O3/c1-15(24-2)19(29)26-13-7-11-18(26)20(30)27(16-8-4-3-5-9-16)17(14-28)10-6-12-25-21(22)23/h14-18,24H,3-13H2,1-2H3,(H4,22,23,25)/t15-,17-,18-/m0/s1. The van der Waals surface area contributed by atoms with E-state index < -0.39 is 12.1 Å². The van der Waals surface area contributed by atoms with E-state index in [4.69, 9.17) is 11.5 Å². The maximum atomic E-state index is 13.7. The first kappa shape index (κ1) is 24.1. The van der Waals surface area contributed by atoms with Crippen molar-refractivity contribution in [3.63, 3.8) is 0 Å². The molecule has 1 aliphatic heterocycles. The topological polar surface area (TPSA) is 134 Å². The van der Waals surface area contributed by atoms with E-state index in [-0.39, 0.29) is 29.9 Å². The molecule has 0 unspecified atom stereocenters. The van der Waals surface area contributed by atoms with Crippen molar-refractivity contribution in [3.8, 4) is 0 Å². The lowest BCUT2D eigenvalue weighted by molar-refractivity contribution is -0.149. The second kappa shape index (κ2) is 11.9. The van der Waals surface area contributed by atoms with Gasteiger partial charge >= 0.3 is 0 Å². The molecule has 9 heteroatoms. The summed E-state index contributed by atoms with van der Waals surface area (Å²) in [5.74, 6) is -0.126. The number of carbonyl (C=O) groups is 3. The third-order valence-electron chi connectivity index (χ3n) is 6.31. The van der Waals surface area contributed by atoms with Gasteiger partial charge in [0.2, 0.25) is 11.8 Å². The summed E-state index contributed by atoms with van der Waals surface area (Å²) in [6, 6.07) is -1.31. The lowest BCUT2D eigenvalue weighted by Gasteiger charge is -2.41. The molecule has 2 fully saturated rings. The number of carbonyl (C=O) groups excluding carboxylic acids is 3. The molecule has 0 spiro atoms. The van der Waals surface area contributed by atoms with E-state index in [9.17, 15) is 14.4 Å². The van der Waals surface area contributed by atoms with Crippen LogP contribution < -0.4 is 16.8 Å². The fraction of sp³-hybridized carbons (Fsp3) is 0.810. The highest BCUT2D eigenvalue weighted by Gasteiger charge is 2.41. The molecule has 0 aromatic heterocycles. The van der Waals surface area contributed by atoms with Gasteiger partial charge in [0.25, 0.3) is 0 Å². The van der Waals surface area contributed by atoms with Crippen LogP contribution in [0.5, 0.6) is 0 Å². The molecule has 30 heavy (non-hydrogen) atoms. The number of amides is 2. The van der Waals surface area contributed by atoms with Gasteiger partial charge in [0.1, 0.15) is 12.3 Å². The van der Waals surface area contributed by atoms with Gasteiger partial charge in [-0.25, -0.2) is 0 Å². The lowest BCUT2D eigenvalue weighted by atomic mass is 9.91. The average molecular weight is 423 g/mol. The van der Waals surface area contributed by atoms with Crippen LogP contribution in [-0.2, 0) is 14.4 Å². The molecule has 3 atom stereocenters. The molecular weight excluding hydrogens is 384 g/mol. The number of nitrogens with two attached hydrogens (primary N) is 2. The van der Waals surface area contributed by atoms with E-state index in [0.29, 0.717) is 32.4 Å². The molecule has 2 rings (SSSR count). The Morgan fingerprint density at radius 3 is 2.50 bits per heavy atom. The smallest absolute Gasteiger partial charge is 0.246 e. The first-order valence-corrected chi connectivity index (χ1v) is 11.2. The van der Waals surface area contributed by atoms with Crippen molar-refractivity contribution in [1.29, 1.82) is 0 Å². The van der Waals surface area contributed by atoms with Crippen LogP contribution in [0.2, 0.25) is 0 Å². The van der Waals surface area contributed by atoms with Crippen LogP contribution in [0.1, 0.15) is 64.7 Å². The maximum Gasteiger partial charge on any atom is 0.246 e. The maximum absolute atomic E-state index is 13.7. The largest absolute Gasteiger partial charge is 0.370 e. The fourth-order valence-electron chi connectivity index (χ4n) is 4.59. The summed E-state index contributed by atoms with van der Waals surface area (Å²) < 4.78 is 0. The lowest BCUT2D eigenvalue weighted by Crippen LogP contribution is -2.57. The minimum atomic E-state index is -0.519. The number of aldehydes is 1. The number of likely N-dealkylation sites (tertiary alicyclic amines) is 1. The van der Waals surface area contributed by atoms with Gasteiger partial charge in [0, 0.05) is 19.1 Å². The molecule has 0 aromatic rings. The molecule has 1 saturated carbocycles. The molecule has 170 valence electrons. The second-order valence-electron chi connectivity index (χ2n) is 8.39. The second-order valence-corrected chi connectivity index (χ2v) is 8.39. The van der Waals surface area contributed by atoms with Crippen molar-refractivity contribution in [3.05, 3.63) is 0 Å². The Bertz CT molecular complexity index is 616. The molecule has 1 saturated heterocycles. The normalized spacial score (nSPS) is 21.7. The SMILES string of the molecule is CN[C@@H](C)C(=O)N1CCC[C@H]1C(=O)N(C1CCCCC1)[C@H](C=O)CCCN=C(N)N. The van der Waals surface area contributed by atoms with Crippen molar-refractivity contribution in [2.45, 2.75) is 88.9 Å². The van der Waals surface area contributed by atoms with Gasteiger partial charge in [-0.2, -0.15) is 0 Å². The summed E-state index contributed by atoms with van der Waals surface area (Å²) in [6.45, 7) is 2.81.